The fourth-order valence-corrected chi connectivity index (χ4v) is 3.87. The second-order valence-corrected chi connectivity index (χ2v) is 6.36. The number of carbonyl (C=O) groups is 1. The van der Waals surface area contributed by atoms with E-state index in [1.165, 1.54) is 32.4 Å². The van der Waals surface area contributed by atoms with Gasteiger partial charge in [-0.15, -0.1) is 0 Å². The molecule has 0 amide bonds. The molecule has 1 aliphatic heterocycles. The van der Waals surface area contributed by atoms with Crippen LogP contribution in [-0.2, 0) is 9.53 Å². The van der Waals surface area contributed by atoms with Crippen LogP contribution in [0.15, 0.2) is 0 Å². The summed E-state index contributed by atoms with van der Waals surface area (Å²) < 4.78 is 5.31. The molecule has 2 fully saturated rings. The van der Waals surface area contributed by atoms with Gasteiger partial charge in [0.15, 0.2) is 0 Å². The lowest BCUT2D eigenvalue weighted by atomic mass is 9.78. The average Bonchev–Trinajstić information content (AvgIpc) is 2.96. The van der Waals surface area contributed by atoms with Gasteiger partial charge in [0.25, 0.3) is 0 Å². The molecule has 1 aliphatic carbocycles. The van der Waals surface area contributed by atoms with Crippen molar-refractivity contribution in [2.75, 3.05) is 26.7 Å². The molecular weight excluding hydrogens is 252 g/mol. The highest BCUT2D eigenvalue weighted by Gasteiger charge is 2.44. The van der Waals surface area contributed by atoms with Crippen LogP contribution in [0.2, 0.25) is 0 Å². The molecule has 4 heteroatoms. The van der Waals surface area contributed by atoms with Crippen molar-refractivity contribution >= 4 is 5.97 Å². The van der Waals surface area contributed by atoms with E-state index in [-0.39, 0.29) is 5.97 Å². The molecule has 3 atom stereocenters. The average molecular weight is 282 g/mol. The predicted octanol–water partition coefficient (Wildman–Crippen LogP) is 2.18. The standard InChI is InChI=1S/C16H30N2O2/c1-4-13-8-10-18(12-13)14-7-6-9-16(11-14,17-3)15(19)20-5-2/h13-14,17H,4-12H2,1-3H3. The van der Waals surface area contributed by atoms with Gasteiger partial charge in [0.05, 0.1) is 6.61 Å². The minimum absolute atomic E-state index is 0.0570. The number of likely N-dealkylation sites (N-methyl/N-ethyl adjacent to an activating group) is 1. The van der Waals surface area contributed by atoms with E-state index >= 15 is 0 Å². The smallest absolute Gasteiger partial charge is 0.326 e. The monoisotopic (exact) mass is 282 g/mol. The number of ether oxygens (including phenoxy) is 1. The Labute approximate surface area is 123 Å². The summed E-state index contributed by atoms with van der Waals surface area (Å²) in [6.07, 6.45) is 6.73. The molecule has 4 nitrogen and oxygen atoms in total. The summed E-state index contributed by atoms with van der Waals surface area (Å²) in [5, 5.41) is 3.28. The van der Waals surface area contributed by atoms with E-state index in [1.54, 1.807) is 0 Å². The van der Waals surface area contributed by atoms with Crippen molar-refractivity contribution in [2.24, 2.45) is 5.92 Å². The van der Waals surface area contributed by atoms with E-state index in [0.717, 1.165) is 25.2 Å². The maximum Gasteiger partial charge on any atom is 0.326 e. The first kappa shape index (κ1) is 15.8. The molecule has 20 heavy (non-hydrogen) atoms. The predicted molar refractivity (Wildman–Crippen MR) is 80.7 cm³/mol. The molecule has 0 aromatic rings. The van der Waals surface area contributed by atoms with Crippen molar-refractivity contribution in [3.63, 3.8) is 0 Å². The van der Waals surface area contributed by atoms with Crippen LogP contribution in [0, 0.1) is 5.92 Å². The molecule has 3 unspecified atom stereocenters. The summed E-state index contributed by atoms with van der Waals surface area (Å²) in [5.41, 5.74) is -0.455. The van der Waals surface area contributed by atoms with Gasteiger partial charge in [0, 0.05) is 12.6 Å². The SMILES string of the molecule is CCOC(=O)C1(NC)CCCC(N2CCC(CC)C2)C1. The van der Waals surface area contributed by atoms with Crippen LogP contribution in [0.25, 0.3) is 0 Å². The lowest BCUT2D eigenvalue weighted by Gasteiger charge is -2.42. The molecule has 0 aromatic heterocycles. The fraction of sp³-hybridized carbons (Fsp3) is 0.938. The number of carbonyl (C=O) groups excluding carboxylic acids is 1. The molecule has 0 bridgehead atoms. The van der Waals surface area contributed by atoms with Gasteiger partial charge in [-0.3, -0.25) is 4.79 Å². The van der Waals surface area contributed by atoms with Crippen LogP contribution in [-0.4, -0.2) is 49.2 Å². The van der Waals surface area contributed by atoms with Crippen molar-refractivity contribution in [1.29, 1.82) is 0 Å². The normalized spacial score (nSPS) is 35.1. The van der Waals surface area contributed by atoms with Crippen molar-refractivity contribution in [3.05, 3.63) is 0 Å². The van der Waals surface area contributed by atoms with Gasteiger partial charge in [-0.1, -0.05) is 13.3 Å². The third kappa shape index (κ3) is 3.17. The zero-order chi connectivity index (χ0) is 14.6. The molecule has 0 radical (unpaired) electrons. The number of likely N-dealkylation sites (tertiary alicyclic amines) is 1. The summed E-state index contributed by atoms with van der Waals surface area (Å²) in [7, 11) is 1.90. The van der Waals surface area contributed by atoms with Crippen LogP contribution in [0.4, 0.5) is 0 Å². The number of hydrogen-bond acceptors (Lipinski definition) is 4. The minimum atomic E-state index is -0.455. The second kappa shape index (κ2) is 6.90. The van der Waals surface area contributed by atoms with Crippen molar-refractivity contribution < 1.29 is 9.53 Å². The summed E-state index contributed by atoms with van der Waals surface area (Å²) in [5.74, 6) is 0.793. The number of rotatable bonds is 5. The molecular formula is C16H30N2O2. The van der Waals surface area contributed by atoms with Crippen molar-refractivity contribution in [2.45, 2.75) is 64.0 Å². The molecule has 2 rings (SSSR count). The number of nitrogens with one attached hydrogen (secondary N) is 1. The topological polar surface area (TPSA) is 41.6 Å². The van der Waals surface area contributed by atoms with Crippen molar-refractivity contribution in [1.82, 2.24) is 10.2 Å². The zero-order valence-electron chi connectivity index (χ0n) is 13.3. The highest BCUT2D eigenvalue weighted by atomic mass is 16.5. The number of hydrogen-bond donors (Lipinski definition) is 1. The Bertz CT molecular complexity index is 334. The lowest BCUT2D eigenvalue weighted by Crippen LogP contribution is -2.57. The van der Waals surface area contributed by atoms with E-state index in [1.807, 2.05) is 14.0 Å². The summed E-state index contributed by atoms with van der Waals surface area (Å²) in [4.78, 5) is 14.9. The van der Waals surface area contributed by atoms with Gasteiger partial charge in [-0.25, -0.2) is 0 Å². The molecule has 1 N–H and O–H groups in total. The molecule has 2 aliphatic rings. The van der Waals surface area contributed by atoms with Gasteiger partial charge in [-0.2, -0.15) is 0 Å². The van der Waals surface area contributed by atoms with Gasteiger partial charge >= 0.3 is 5.97 Å². The minimum Gasteiger partial charge on any atom is -0.465 e. The molecule has 1 heterocycles. The summed E-state index contributed by atoms with van der Waals surface area (Å²) in [6.45, 7) is 7.05. The number of nitrogens with zero attached hydrogens (tertiary/aromatic N) is 1. The third-order valence-electron chi connectivity index (χ3n) is 5.28. The summed E-state index contributed by atoms with van der Waals surface area (Å²) >= 11 is 0. The summed E-state index contributed by atoms with van der Waals surface area (Å²) in [6, 6.07) is 0.539. The molecule has 116 valence electrons. The van der Waals surface area contributed by atoms with Crippen LogP contribution < -0.4 is 5.32 Å². The van der Waals surface area contributed by atoms with Gasteiger partial charge in [-0.05, 0) is 58.5 Å². The third-order valence-corrected chi connectivity index (χ3v) is 5.28. The first-order chi connectivity index (χ1) is 9.65. The lowest BCUT2D eigenvalue weighted by molar-refractivity contribution is -0.153. The van der Waals surface area contributed by atoms with Crippen LogP contribution in [0.3, 0.4) is 0 Å². The number of esters is 1. The maximum atomic E-state index is 12.3. The molecule has 1 saturated carbocycles. The van der Waals surface area contributed by atoms with E-state index in [9.17, 15) is 4.79 Å². The van der Waals surface area contributed by atoms with Crippen LogP contribution in [0.5, 0.6) is 0 Å². The van der Waals surface area contributed by atoms with Crippen LogP contribution in [0.1, 0.15) is 52.4 Å². The van der Waals surface area contributed by atoms with E-state index in [0.29, 0.717) is 12.6 Å². The largest absolute Gasteiger partial charge is 0.465 e. The quantitative estimate of drug-likeness (QED) is 0.785. The Balaban J connectivity index is 2.01. The Morgan fingerprint density at radius 3 is 2.80 bits per heavy atom. The Hall–Kier alpha value is -0.610. The Morgan fingerprint density at radius 1 is 1.40 bits per heavy atom. The molecule has 1 saturated heterocycles. The highest BCUT2D eigenvalue weighted by Crippen LogP contribution is 2.34. The maximum absolute atomic E-state index is 12.3. The van der Waals surface area contributed by atoms with E-state index in [4.69, 9.17) is 4.74 Å². The highest BCUT2D eigenvalue weighted by molar-refractivity contribution is 5.81. The zero-order valence-corrected chi connectivity index (χ0v) is 13.3. The van der Waals surface area contributed by atoms with Crippen molar-refractivity contribution in [3.8, 4) is 0 Å². The first-order valence-corrected chi connectivity index (χ1v) is 8.25. The van der Waals surface area contributed by atoms with E-state index < -0.39 is 5.54 Å². The van der Waals surface area contributed by atoms with Gasteiger partial charge in [0.2, 0.25) is 0 Å². The van der Waals surface area contributed by atoms with Gasteiger partial charge < -0.3 is 15.0 Å². The molecule has 0 aromatic carbocycles. The Morgan fingerprint density at radius 2 is 2.20 bits per heavy atom. The second-order valence-electron chi connectivity index (χ2n) is 6.36. The first-order valence-electron chi connectivity index (χ1n) is 8.25. The van der Waals surface area contributed by atoms with Crippen LogP contribution >= 0.6 is 0 Å². The van der Waals surface area contributed by atoms with E-state index in [2.05, 4.69) is 17.1 Å². The molecule has 0 spiro atoms. The van der Waals surface area contributed by atoms with Gasteiger partial charge in [0.1, 0.15) is 5.54 Å². The Kier molecular flexibility index (Phi) is 5.44. The fourth-order valence-electron chi connectivity index (χ4n) is 3.87.